The van der Waals surface area contributed by atoms with Gasteiger partial charge in [0.2, 0.25) is 5.88 Å². The molecule has 10 heteroatoms. The summed E-state index contributed by atoms with van der Waals surface area (Å²) < 4.78 is 41.8. The van der Waals surface area contributed by atoms with Gasteiger partial charge in [-0.2, -0.15) is 8.42 Å². The molecule has 1 fully saturated rings. The summed E-state index contributed by atoms with van der Waals surface area (Å²) in [5.74, 6) is 0.461. The highest BCUT2D eigenvalue weighted by Crippen LogP contribution is 2.39. The van der Waals surface area contributed by atoms with Gasteiger partial charge in [-0.25, -0.2) is 0 Å². The number of fused-ring (bicyclic) bond motifs is 1. The number of ether oxygens (including phenoxy) is 2. The summed E-state index contributed by atoms with van der Waals surface area (Å²) in [7, 11) is -4.10. The van der Waals surface area contributed by atoms with Crippen molar-refractivity contribution in [2.24, 2.45) is 0 Å². The Kier molecular flexibility index (Phi) is 5.73. The van der Waals surface area contributed by atoms with Gasteiger partial charge in [0.1, 0.15) is 0 Å². The first-order valence-electron chi connectivity index (χ1n) is 8.67. The molecule has 0 spiro atoms. The summed E-state index contributed by atoms with van der Waals surface area (Å²) in [6, 6.07) is 7.62. The summed E-state index contributed by atoms with van der Waals surface area (Å²) in [6.45, 7) is 4.42. The standard InChI is InChI=1S/C18H20N2O6S2/c1-3-19-13-7-4-5-8-14(13)25-15(19)11-12(2)16-17(21)20(18(27)26-16)9-6-10-28(22,23)24/h4-5,7-8,11H,3,6,9-10H2,1-2H3,(H,22,23,24)/b15-11-,16-12+. The molecule has 3 rings (SSSR count). The van der Waals surface area contributed by atoms with Gasteiger partial charge in [0.25, 0.3) is 21.2 Å². The van der Waals surface area contributed by atoms with E-state index in [0.717, 1.165) is 11.4 Å². The third-order valence-electron chi connectivity index (χ3n) is 4.28. The molecule has 150 valence electrons. The Morgan fingerprint density at radius 3 is 2.64 bits per heavy atom. The summed E-state index contributed by atoms with van der Waals surface area (Å²) in [6.07, 6.45) is 1.75. The maximum absolute atomic E-state index is 12.6. The van der Waals surface area contributed by atoms with Crippen molar-refractivity contribution >= 4 is 39.1 Å². The Morgan fingerprint density at radius 2 is 1.96 bits per heavy atom. The lowest BCUT2D eigenvalue weighted by Gasteiger charge is -2.15. The molecule has 8 nitrogen and oxygen atoms in total. The Balaban J connectivity index is 1.79. The molecule has 1 aromatic rings. The van der Waals surface area contributed by atoms with E-state index in [9.17, 15) is 13.2 Å². The SMILES string of the molecule is CCN1/C(=C/C(C)=C2/OC(=S)N(CCCS(=O)(=O)O)C2=O)Oc2ccccc21. The predicted molar refractivity (Wildman–Crippen MR) is 107 cm³/mol. The van der Waals surface area contributed by atoms with Gasteiger partial charge in [-0.05, 0) is 44.6 Å². The maximum Gasteiger partial charge on any atom is 0.297 e. The molecule has 0 atom stereocenters. The summed E-state index contributed by atoms with van der Waals surface area (Å²) in [5.41, 5.74) is 1.47. The molecular formula is C18H20N2O6S2. The lowest BCUT2D eigenvalue weighted by Crippen LogP contribution is -2.30. The van der Waals surface area contributed by atoms with Crippen LogP contribution in [0.25, 0.3) is 0 Å². The summed E-state index contributed by atoms with van der Waals surface area (Å²) in [4.78, 5) is 15.8. The molecule has 0 saturated carbocycles. The monoisotopic (exact) mass is 424 g/mol. The fraction of sp³-hybridized carbons (Fsp3) is 0.333. The number of carbonyl (C=O) groups excluding carboxylic acids is 1. The minimum absolute atomic E-state index is 0.0355. The van der Waals surface area contributed by atoms with Crippen LogP contribution >= 0.6 is 12.2 Å². The van der Waals surface area contributed by atoms with Gasteiger partial charge in [-0.15, -0.1) is 0 Å². The number of allylic oxidation sites excluding steroid dienone is 2. The molecule has 1 aromatic carbocycles. The lowest BCUT2D eigenvalue weighted by atomic mass is 10.2. The molecule has 1 amide bonds. The number of hydrogen-bond donors (Lipinski definition) is 1. The molecule has 0 unspecified atom stereocenters. The van der Waals surface area contributed by atoms with Crippen LogP contribution in [0.15, 0.2) is 47.6 Å². The molecule has 2 aliphatic heterocycles. The highest BCUT2D eigenvalue weighted by Gasteiger charge is 2.35. The highest BCUT2D eigenvalue weighted by atomic mass is 32.2. The molecule has 0 aliphatic carbocycles. The van der Waals surface area contributed by atoms with Crippen LogP contribution in [-0.2, 0) is 19.6 Å². The van der Waals surface area contributed by atoms with E-state index in [-0.39, 0.29) is 23.9 Å². The fourth-order valence-corrected chi connectivity index (χ4v) is 3.73. The van der Waals surface area contributed by atoms with Crippen molar-refractivity contribution in [3.63, 3.8) is 0 Å². The molecule has 0 bridgehead atoms. The molecule has 2 heterocycles. The minimum atomic E-state index is -4.10. The number of hydrogen-bond acceptors (Lipinski definition) is 7. The minimum Gasteiger partial charge on any atom is -0.439 e. The normalized spacial score (nSPS) is 19.8. The summed E-state index contributed by atoms with van der Waals surface area (Å²) >= 11 is 5.08. The van der Waals surface area contributed by atoms with E-state index in [1.54, 1.807) is 13.0 Å². The van der Waals surface area contributed by atoms with Crippen molar-refractivity contribution in [1.82, 2.24) is 4.90 Å². The van der Waals surface area contributed by atoms with Crippen LogP contribution in [0.2, 0.25) is 0 Å². The Bertz CT molecular complexity index is 984. The van der Waals surface area contributed by atoms with Crippen LogP contribution in [0.4, 0.5) is 5.69 Å². The van der Waals surface area contributed by atoms with E-state index in [2.05, 4.69) is 0 Å². The number of carbonyl (C=O) groups is 1. The van der Waals surface area contributed by atoms with Crippen molar-refractivity contribution in [3.8, 4) is 5.75 Å². The van der Waals surface area contributed by atoms with Crippen LogP contribution in [0.5, 0.6) is 5.75 Å². The third-order valence-corrected chi connectivity index (χ3v) is 5.39. The first kappa shape index (κ1) is 20.3. The number of amides is 1. The molecular weight excluding hydrogens is 404 g/mol. The van der Waals surface area contributed by atoms with Crippen LogP contribution in [0.3, 0.4) is 0 Å². The third kappa shape index (κ3) is 4.18. The van der Waals surface area contributed by atoms with Gasteiger partial charge in [0, 0.05) is 24.7 Å². The van der Waals surface area contributed by atoms with E-state index in [4.69, 9.17) is 26.2 Å². The van der Waals surface area contributed by atoms with Crippen molar-refractivity contribution in [3.05, 3.63) is 47.6 Å². The molecule has 28 heavy (non-hydrogen) atoms. The number of benzene rings is 1. The molecule has 2 aliphatic rings. The quantitative estimate of drug-likeness (QED) is 0.423. The Hall–Kier alpha value is -2.43. The molecule has 0 radical (unpaired) electrons. The number of para-hydroxylation sites is 2. The van der Waals surface area contributed by atoms with E-state index >= 15 is 0 Å². The van der Waals surface area contributed by atoms with Gasteiger partial charge in [0.05, 0.1) is 11.4 Å². The van der Waals surface area contributed by atoms with Crippen LogP contribution in [0, 0.1) is 0 Å². The second kappa shape index (κ2) is 7.90. The Labute approximate surface area is 168 Å². The van der Waals surface area contributed by atoms with Gasteiger partial charge in [-0.1, -0.05) is 12.1 Å². The van der Waals surface area contributed by atoms with Crippen molar-refractivity contribution in [2.45, 2.75) is 20.3 Å². The zero-order chi connectivity index (χ0) is 20.5. The van der Waals surface area contributed by atoms with Crippen molar-refractivity contribution in [1.29, 1.82) is 0 Å². The van der Waals surface area contributed by atoms with Crippen LogP contribution < -0.4 is 9.64 Å². The van der Waals surface area contributed by atoms with Gasteiger partial charge < -0.3 is 14.4 Å². The zero-order valence-electron chi connectivity index (χ0n) is 15.4. The number of nitrogens with zero attached hydrogens (tertiary/aromatic N) is 2. The molecule has 0 aromatic heterocycles. The number of rotatable bonds is 6. The second-order valence-corrected chi connectivity index (χ2v) is 8.19. The van der Waals surface area contributed by atoms with Gasteiger partial charge in [0.15, 0.2) is 11.5 Å². The van der Waals surface area contributed by atoms with Gasteiger partial charge >= 0.3 is 0 Å². The van der Waals surface area contributed by atoms with Crippen molar-refractivity contribution < 1.29 is 27.2 Å². The number of anilines is 1. The van der Waals surface area contributed by atoms with E-state index in [0.29, 0.717) is 18.0 Å². The first-order valence-corrected chi connectivity index (χ1v) is 10.7. The van der Waals surface area contributed by atoms with E-state index < -0.39 is 21.8 Å². The smallest absolute Gasteiger partial charge is 0.297 e. The van der Waals surface area contributed by atoms with Crippen LogP contribution in [-0.4, -0.2) is 47.8 Å². The maximum atomic E-state index is 12.6. The fourth-order valence-electron chi connectivity index (χ4n) is 2.98. The van der Waals surface area contributed by atoms with Crippen molar-refractivity contribution in [2.75, 3.05) is 23.7 Å². The van der Waals surface area contributed by atoms with E-state index in [1.165, 1.54) is 4.90 Å². The Morgan fingerprint density at radius 1 is 1.25 bits per heavy atom. The number of thiocarbonyl (C=S) groups is 1. The van der Waals surface area contributed by atoms with Gasteiger partial charge in [-0.3, -0.25) is 14.2 Å². The average molecular weight is 425 g/mol. The largest absolute Gasteiger partial charge is 0.439 e. The average Bonchev–Trinajstić information content (AvgIpc) is 3.11. The lowest BCUT2D eigenvalue weighted by molar-refractivity contribution is -0.123. The zero-order valence-corrected chi connectivity index (χ0v) is 17.0. The van der Waals surface area contributed by atoms with Crippen LogP contribution in [0.1, 0.15) is 20.3 Å². The first-order chi connectivity index (χ1) is 13.2. The molecule has 1 N–H and O–H groups in total. The predicted octanol–water partition coefficient (Wildman–Crippen LogP) is 2.44. The summed E-state index contributed by atoms with van der Waals surface area (Å²) in [5, 5.41) is -0.0453. The topological polar surface area (TPSA) is 96.4 Å². The second-order valence-electron chi connectivity index (χ2n) is 6.27. The highest BCUT2D eigenvalue weighted by molar-refractivity contribution is 7.85. The molecule has 1 saturated heterocycles. The van der Waals surface area contributed by atoms with E-state index in [1.807, 2.05) is 36.1 Å².